The minimum atomic E-state index is 0.167. The van der Waals surface area contributed by atoms with Gasteiger partial charge in [-0.3, -0.25) is 5.41 Å². The number of rotatable bonds is 3. The summed E-state index contributed by atoms with van der Waals surface area (Å²) in [6.07, 6.45) is 3.50. The fourth-order valence-corrected chi connectivity index (χ4v) is 3.83. The first-order chi connectivity index (χ1) is 10.1. The van der Waals surface area contributed by atoms with Gasteiger partial charge in [0.05, 0.1) is 0 Å². The first-order valence-corrected chi connectivity index (χ1v) is 8.23. The lowest BCUT2D eigenvalue weighted by Crippen LogP contribution is -2.46. The van der Waals surface area contributed by atoms with E-state index in [2.05, 4.69) is 54.0 Å². The molecule has 0 atom stereocenters. The Kier molecular flexibility index (Phi) is 4.03. The standard InChI is InChI=1S/C18H27N3/c1-15(2)20-11-8-18(9-12-20)10-13-21(17(18)19)14-16-6-4-3-5-7-16/h3-7,15,19H,8-14H2,1-2H3. The quantitative estimate of drug-likeness (QED) is 0.923. The van der Waals surface area contributed by atoms with Crippen LogP contribution in [0.5, 0.6) is 0 Å². The summed E-state index contributed by atoms with van der Waals surface area (Å²) in [5, 5.41) is 8.68. The van der Waals surface area contributed by atoms with E-state index in [0.717, 1.165) is 44.9 Å². The largest absolute Gasteiger partial charge is 0.356 e. The van der Waals surface area contributed by atoms with Gasteiger partial charge in [-0.15, -0.1) is 0 Å². The van der Waals surface area contributed by atoms with Crippen LogP contribution in [-0.4, -0.2) is 41.3 Å². The molecule has 0 amide bonds. The third-order valence-corrected chi connectivity index (χ3v) is 5.38. The zero-order valence-electron chi connectivity index (χ0n) is 13.3. The highest BCUT2D eigenvalue weighted by Gasteiger charge is 2.45. The monoisotopic (exact) mass is 285 g/mol. The predicted octanol–water partition coefficient (Wildman–Crippen LogP) is 3.36. The van der Waals surface area contributed by atoms with Crippen LogP contribution in [0.2, 0.25) is 0 Å². The second kappa shape index (κ2) is 5.80. The van der Waals surface area contributed by atoms with Gasteiger partial charge in [-0.1, -0.05) is 30.3 Å². The van der Waals surface area contributed by atoms with Gasteiger partial charge in [0.25, 0.3) is 0 Å². The van der Waals surface area contributed by atoms with Gasteiger partial charge in [0.15, 0.2) is 0 Å². The molecule has 0 bridgehead atoms. The minimum absolute atomic E-state index is 0.167. The maximum atomic E-state index is 8.68. The van der Waals surface area contributed by atoms with E-state index in [1.165, 1.54) is 12.0 Å². The second-order valence-corrected chi connectivity index (χ2v) is 6.92. The Hall–Kier alpha value is -1.35. The maximum absolute atomic E-state index is 8.68. The number of hydrogen-bond acceptors (Lipinski definition) is 2. The molecule has 1 aromatic carbocycles. The summed E-state index contributed by atoms with van der Waals surface area (Å²) < 4.78 is 0. The highest BCUT2D eigenvalue weighted by Crippen LogP contribution is 2.42. The van der Waals surface area contributed by atoms with Crippen molar-refractivity contribution in [3.05, 3.63) is 35.9 Å². The molecule has 0 unspecified atom stereocenters. The Morgan fingerprint density at radius 2 is 1.67 bits per heavy atom. The number of nitrogens with zero attached hydrogens (tertiary/aromatic N) is 2. The van der Waals surface area contributed by atoms with Crippen LogP contribution in [0.4, 0.5) is 0 Å². The summed E-state index contributed by atoms with van der Waals surface area (Å²) >= 11 is 0. The number of amidine groups is 1. The molecule has 1 N–H and O–H groups in total. The van der Waals surface area contributed by atoms with Crippen LogP contribution in [0, 0.1) is 10.8 Å². The summed E-state index contributed by atoms with van der Waals surface area (Å²) in [7, 11) is 0. The lowest BCUT2D eigenvalue weighted by Gasteiger charge is -2.41. The molecule has 0 saturated carbocycles. The summed E-state index contributed by atoms with van der Waals surface area (Å²) in [4.78, 5) is 4.85. The lowest BCUT2D eigenvalue weighted by atomic mass is 9.76. The summed E-state index contributed by atoms with van der Waals surface area (Å²) in [6.45, 7) is 8.81. The zero-order chi connectivity index (χ0) is 14.9. The van der Waals surface area contributed by atoms with Gasteiger partial charge in [0, 0.05) is 24.5 Å². The molecule has 114 valence electrons. The van der Waals surface area contributed by atoms with Crippen LogP contribution >= 0.6 is 0 Å². The number of piperidine rings is 1. The molecular weight excluding hydrogens is 258 g/mol. The van der Waals surface area contributed by atoms with Gasteiger partial charge >= 0.3 is 0 Å². The van der Waals surface area contributed by atoms with Crippen molar-refractivity contribution in [2.45, 2.75) is 45.7 Å². The van der Waals surface area contributed by atoms with Crippen molar-refractivity contribution in [2.24, 2.45) is 5.41 Å². The molecular formula is C18H27N3. The molecule has 1 aromatic rings. The van der Waals surface area contributed by atoms with Gasteiger partial charge in [-0.05, 0) is 51.8 Å². The van der Waals surface area contributed by atoms with E-state index < -0.39 is 0 Å². The zero-order valence-corrected chi connectivity index (χ0v) is 13.3. The van der Waals surface area contributed by atoms with Crippen LogP contribution in [0.1, 0.15) is 38.7 Å². The average Bonchev–Trinajstić information content (AvgIpc) is 2.79. The van der Waals surface area contributed by atoms with Crippen LogP contribution in [0.15, 0.2) is 30.3 Å². The molecule has 0 radical (unpaired) electrons. The Morgan fingerprint density at radius 1 is 1.05 bits per heavy atom. The van der Waals surface area contributed by atoms with Crippen molar-refractivity contribution < 1.29 is 0 Å². The molecule has 3 rings (SSSR count). The van der Waals surface area contributed by atoms with Gasteiger partial charge in [-0.2, -0.15) is 0 Å². The summed E-state index contributed by atoms with van der Waals surface area (Å²) in [5.41, 5.74) is 1.49. The van der Waals surface area contributed by atoms with E-state index in [4.69, 9.17) is 5.41 Å². The fourth-order valence-electron chi connectivity index (χ4n) is 3.83. The molecule has 0 aliphatic carbocycles. The number of nitrogens with one attached hydrogen (secondary N) is 1. The van der Waals surface area contributed by atoms with Crippen molar-refractivity contribution in [3.8, 4) is 0 Å². The van der Waals surface area contributed by atoms with Crippen LogP contribution in [-0.2, 0) is 6.54 Å². The molecule has 3 heteroatoms. The SMILES string of the molecule is CC(C)N1CCC2(CCN(Cc3ccccc3)C2=N)CC1. The summed E-state index contributed by atoms with van der Waals surface area (Å²) in [6, 6.07) is 11.2. The van der Waals surface area contributed by atoms with Crippen LogP contribution < -0.4 is 0 Å². The smallest absolute Gasteiger partial charge is 0.103 e. The lowest BCUT2D eigenvalue weighted by molar-refractivity contribution is 0.124. The normalized spacial score (nSPS) is 22.4. The molecule has 3 nitrogen and oxygen atoms in total. The Labute approximate surface area is 128 Å². The van der Waals surface area contributed by atoms with Gasteiger partial charge < -0.3 is 9.80 Å². The molecule has 2 aliphatic rings. The van der Waals surface area contributed by atoms with Crippen molar-refractivity contribution in [1.82, 2.24) is 9.80 Å². The highest BCUT2D eigenvalue weighted by atomic mass is 15.2. The third-order valence-electron chi connectivity index (χ3n) is 5.38. The van der Waals surface area contributed by atoms with E-state index in [0.29, 0.717) is 6.04 Å². The van der Waals surface area contributed by atoms with Crippen LogP contribution in [0.3, 0.4) is 0 Å². The Balaban J connectivity index is 1.64. The van der Waals surface area contributed by atoms with Gasteiger partial charge in [-0.25, -0.2) is 0 Å². The van der Waals surface area contributed by atoms with Crippen molar-refractivity contribution >= 4 is 5.84 Å². The Bertz CT molecular complexity index is 486. The van der Waals surface area contributed by atoms with E-state index in [1.807, 2.05) is 0 Å². The number of benzene rings is 1. The van der Waals surface area contributed by atoms with Gasteiger partial charge in [0.1, 0.15) is 5.84 Å². The van der Waals surface area contributed by atoms with Crippen molar-refractivity contribution in [3.63, 3.8) is 0 Å². The first-order valence-electron chi connectivity index (χ1n) is 8.23. The fraction of sp³-hybridized carbons (Fsp3) is 0.611. The molecule has 2 fully saturated rings. The highest BCUT2D eigenvalue weighted by molar-refractivity contribution is 5.87. The minimum Gasteiger partial charge on any atom is -0.356 e. The van der Waals surface area contributed by atoms with Crippen molar-refractivity contribution in [1.29, 1.82) is 5.41 Å². The predicted molar refractivity (Wildman–Crippen MR) is 87.6 cm³/mol. The topological polar surface area (TPSA) is 30.3 Å². The number of hydrogen-bond donors (Lipinski definition) is 1. The molecule has 0 aromatic heterocycles. The summed E-state index contributed by atoms with van der Waals surface area (Å²) in [5.74, 6) is 0.898. The van der Waals surface area contributed by atoms with Crippen LogP contribution in [0.25, 0.3) is 0 Å². The molecule has 2 heterocycles. The Morgan fingerprint density at radius 3 is 2.29 bits per heavy atom. The first kappa shape index (κ1) is 14.6. The van der Waals surface area contributed by atoms with E-state index in [1.54, 1.807) is 0 Å². The van der Waals surface area contributed by atoms with E-state index in [-0.39, 0.29) is 5.41 Å². The van der Waals surface area contributed by atoms with E-state index >= 15 is 0 Å². The molecule has 1 spiro atoms. The maximum Gasteiger partial charge on any atom is 0.103 e. The molecule has 2 saturated heterocycles. The third kappa shape index (κ3) is 2.84. The number of likely N-dealkylation sites (tertiary alicyclic amines) is 2. The van der Waals surface area contributed by atoms with Crippen molar-refractivity contribution in [2.75, 3.05) is 19.6 Å². The second-order valence-electron chi connectivity index (χ2n) is 6.92. The molecule has 21 heavy (non-hydrogen) atoms. The average molecular weight is 285 g/mol. The van der Waals surface area contributed by atoms with E-state index in [9.17, 15) is 0 Å². The molecule has 2 aliphatic heterocycles. The van der Waals surface area contributed by atoms with Gasteiger partial charge in [0.2, 0.25) is 0 Å².